The first kappa shape index (κ1) is 14.3. The fourth-order valence-corrected chi connectivity index (χ4v) is 2.30. The second-order valence-electron chi connectivity index (χ2n) is 5.08. The largest absolute Gasteiger partial charge is 0.378 e. The summed E-state index contributed by atoms with van der Waals surface area (Å²) in [6, 6.07) is 0.185. The summed E-state index contributed by atoms with van der Waals surface area (Å²) in [4.78, 5) is 12.0. The summed E-state index contributed by atoms with van der Waals surface area (Å²) in [5.41, 5.74) is 6.10. The number of nitrogens with one attached hydrogen (secondary N) is 1. The van der Waals surface area contributed by atoms with Gasteiger partial charge < -0.3 is 11.1 Å². The number of aryl methyl sites for hydroxylation is 1. The molecule has 0 saturated heterocycles. The van der Waals surface area contributed by atoms with Crippen LogP contribution in [0.1, 0.15) is 32.6 Å². The molecule has 6 heteroatoms. The minimum absolute atomic E-state index is 0.185. The molecule has 2 rings (SSSR count). The number of hydrogen-bond acceptors (Lipinski definition) is 4. The zero-order valence-corrected chi connectivity index (χ0v) is 12.0. The van der Waals surface area contributed by atoms with Gasteiger partial charge in [0, 0.05) is 19.1 Å². The van der Waals surface area contributed by atoms with Crippen molar-refractivity contribution in [1.29, 1.82) is 0 Å². The maximum absolute atomic E-state index is 12.0. The molecule has 1 aromatic rings. The van der Waals surface area contributed by atoms with Crippen molar-refractivity contribution >= 4 is 17.3 Å². The predicted octanol–water partition coefficient (Wildman–Crippen LogP) is 1.85. The van der Waals surface area contributed by atoms with Crippen LogP contribution in [0.3, 0.4) is 0 Å². The summed E-state index contributed by atoms with van der Waals surface area (Å²) in [6.07, 6.45) is 5.94. The van der Waals surface area contributed by atoms with E-state index in [1.165, 1.54) is 17.5 Å². The number of anilines is 1. The summed E-state index contributed by atoms with van der Waals surface area (Å²) >= 11 is 6.13. The summed E-state index contributed by atoms with van der Waals surface area (Å²) < 4.78 is 1.42. The third kappa shape index (κ3) is 3.48. The molecule has 106 valence electrons. The number of hydrogen-bond donors (Lipinski definition) is 2. The molecular formula is C13H21ClN4O. The van der Waals surface area contributed by atoms with Gasteiger partial charge in [0.2, 0.25) is 0 Å². The van der Waals surface area contributed by atoms with Gasteiger partial charge >= 0.3 is 0 Å². The maximum Gasteiger partial charge on any atom is 0.287 e. The van der Waals surface area contributed by atoms with Gasteiger partial charge in [-0.25, -0.2) is 4.68 Å². The van der Waals surface area contributed by atoms with Crippen molar-refractivity contribution in [3.63, 3.8) is 0 Å². The van der Waals surface area contributed by atoms with E-state index < -0.39 is 0 Å². The van der Waals surface area contributed by atoms with Crippen LogP contribution in [0.5, 0.6) is 0 Å². The van der Waals surface area contributed by atoms with Gasteiger partial charge in [0.25, 0.3) is 5.56 Å². The van der Waals surface area contributed by atoms with Gasteiger partial charge in [0.15, 0.2) is 0 Å². The molecule has 1 aliphatic carbocycles. The van der Waals surface area contributed by atoms with Crippen LogP contribution in [0.25, 0.3) is 0 Å². The van der Waals surface area contributed by atoms with Gasteiger partial charge in [-0.2, -0.15) is 5.10 Å². The lowest BCUT2D eigenvalue weighted by Gasteiger charge is -2.18. The van der Waals surface area contributed by atoms with Crippen molar-refractivity contribution in [1.82, 2.24) is 9.78 Å². The lowest BCUT2D eigenvalue weighted by Crippen LogP contribution is -2.32. The molecule has 0 bridgehead atoms. The Balaban J connectivity index is 2.13. The molecule has 1 saturated carbocycles. The highest BCUT2D eigenvalue weighted by Gasteiger charge is 2.30. The summed E-state index contributed by atoms with van der Waals surface area (Å²) in [5.74, 6) is 0.601. The third-order valence-corrected chi connectivity index (χ3v) is 3.86. The molecule has 19 heavy (non-hydrogen) atoms. The first-order valence-corrected chi connectivity index (χ1v) is 7.27. The summed E-state index contributed by atoms with van der Waals surface area (Å²) in [7, 11) is 0. The number of aromatic nitrogens is 2. The minimum atomic E-state index is -0.230. The average Bonchev–Trinajstić information content (AvgIpc) is 3.24. The van der Waals surface area contributed by atoms with Gasteiger partial charge in [-0.1, -0.05) is 24.9 Å². The molecule has 1 fully saturated rings. The van der Waals surface area contributed by atoms with Crippen molar-refractivity contribution < 1.29 is 0 Å². The van der Waals surface area contributed by atoms with Crippen LogP contribution in [0.2, 0.25) is 5.02 Å². The summed E-state index contributed by atoms with van der Waals surface area (Å²) in [5, 5.41) is 7.62. The van der Waals surface area contributed by atoms with Crippen molar-refractivity contribution in [3.05, 3.63) is 21.6 Å². The molecule has 3 N–H and O–H groups in total. The number of nitrogens with zero attached hydrogens (tertiary/aromatic N) is 2. The Kier molecular flexibility index (Phi) is 4.82. The molecule has 1 aromatic heterocycles. The van der Waals surface area contributed by atoms with E-state index in [4.69, 9.17) is 17.3 Å². The van der Waals surface area contributed by atoms with Crippen LogP contribution in [-0.2, 0) is 6.54 Å². The molecule has 0 spiro atoms. The van der Waals surface area contributed by atoms with E-state index >= 15 is 0 Å². The average molecular weight is 285 g/mol. The van der Waals surface area contributed by atoms with E-state index in [1.54, 1.807) is 6.20 Å². The Labute approximate surface area is 118 Å². The molecule has 1 unspecified atom stereocenters. The third-order valence-electron chi connectivity index (χ3n) is 3.49. The number of nitrogens with two attached hydrogens (primary N) is 1. The van der Waals surface area contributed by atoms with Crippen LogP contribution in [0, 0.1) is 5.92 Å². The Morgan fingerprint density at radius 1 is 1.63 bits per heavy atom. The van der Waals surface area contributed by atoms with E-state index in [0.29, 0.717) is 24.7 Å². The zero-order valence-electron chi connectivity index (χ0n) is 11.2. The quantitative estimate of drug-likeness (QED) is 0.801. The highest BCUT2D eigenvalue weighted by molar-refractivity contribution is 6.32. The van der Waals surface area contributed by atoms with Crippen molar-refractivity contribution in [2.75, 3.05) is 11.9 Å². The zero-order chi connectivity index (χ0) is 13.8. The molecule has 0 aromatic carbocycles. The standard InChI is InChI=1S/C13H21ClN4O/c1-2-3-6-18-13(19)12(14)11(8-16-18)17-10(7-15)9-4-5-9/h8-10,17H,2-7,15H2,1H3. The molecule has 0 amide bonds. The first-order valence-electron chi connectivity index (χ1n) is 6.89. The van der Waals surface area contributed by atoms with Crippen LogP contribution in [0.15, 0.2) is 11.0 Å². The number of unbranched alkanes of at least 4 members (excludes halogenated alkanes) is 1. The lowest BCUT2D eigenvalue weighted by atomic mass is 10.2. The molecule has 5 nitrogen and oxygen atoms in total. The smallest absolute Gasteiger partial charge is 0.287 e. The summed E-state index contributed by atoms with van der Waals surface area (Å²) in [6.45, 7) is 3.22. The maximum atomic E-state index is 12.0. The highest BCUT2D eigenvalue weighted by Crippen LogP contribution is 2.34. The van der Waals surface area contributed by atoms with Crippen LogP contribution in [0.4, 0.5) is 5.69 Å². The van der Waals surface area contributed by atoms with Gasteiger partial charge in [-0.15, -0.1) is 0 Å². The number of rotatable bonds is 7. The Hall–Kier alpha value is -1.07. The fraction of sp³-hybridized carbons (Fsp3) is 0.692. The predicted molar refractivity (Wildman–Crippen MR) is 77.6 cm³/mol. The van der Waals surface area contributed by atoms with Gasteiger partial charge in [0.05, 0.1) is 11.9 Å². The van der Waals surface area contributed by atoms with E-state index in [1.807, 2.05) is 0 Å². The van der Waals surface area contributed by atoms with Crippen LogP contribution >= 0.6 is 11.6 Å². The van der Waals surface area contributed by atoms with E-state index in [0.717, 1.165) is 12.8 Å². The van der Waals surface area contributed by atoms with Crippen molar-refractivity contribution in [2.45, 2.75) is 45.2 Å². The van der Waals surface area contributed by atoms with Gasteiger partial charge in [0.1, 0.15) is 5.02 Å². The monoisotopic (exact) mass is 284 g/mol. The fourth-order valence-electron chi connectivity index (χ4n) is 2.10. The van der Waals surface area contributed by atoms with Crippen molar-refractivity contribution in [3.8, 4) is 0 Å². The topological polar surface area (TPSA) is 72.9 Å². The van der Waals surface area contributed by atoms with E-state index in [9.17, 15) is 4.79 Å². The van der Waals surface area contributed by atoms with Crippen LogP contribution in [-0.4, -0.2) is 22.4 Å². The molecule has 1 atom stereocenters. The second kappa shape index (κ2) is 6.39. The molecule has 1 aliphatic rings. The Morgan fingerprint density at radius 3 is 2.95 bits per heavy atom. The molecule has 1 heterocycles. The van der Waals surface area contributed by atoms with E-state index in [2.05, 4.69) is 17.3 Å². The van der Waals surface area contributed by atoms with Crippen molar-refractivity contribution in [2.24, 2.45) is 11.7 Å². The minimum Gasteiger partial charge on any atom is -0.378 e. The molecular weight excluding hydrogens is 264 g/mol. The first-order chi connectivity index (χ1) is 9.17. The second-order valence-corrected chi connectivity index (χ2v) is 5.46. The Bertz CT molecular complexity index is 484. The normalized spacial score (nSPS) is 16.4. The number of halogens is 1. The highest BCUT2D eigenvalue weighted by atomic mass is 35.5. The van der Waals surface area contributed by atoms with Crippen LogP contribution < -0.4 is 16.6 Å². The van der Waals surface area contributed by atoms with Gasteiger partial charge in [-0.3, -0.25) is 4.79 Å². The molecule has 0 aliphatic heterocycles. The SMILES string of the molecule is CCCCn1ncc(NC(CN)C2CC2)c(Cl)c1=O. The Morgan fingerprint density at radius 2 is 2.37 bits per heavy atom. The van der Waals surface area contributed by atoms with E-state index in [-0.39, 0.29) is 16.6 Å². The van der Waals surface area contributed by atoms with Gasteiger partial charge in [-0.05, 0) is 25.2 Å². The lowest BCUT2D eigenvalue weighted by molar-refractivity contribution is 0.542. The molecule has 0 radical (unpaired) electrons.